The summed E-state index contributed by atoms with van der Waals surface area (Å²) in [5, 5.41) is 3.37. The third-order valence-corrected chi connectivity index (χ3v) is 4.32. The molecule has 2 aromatic rings. The minimum absolute atomic E-state index is 0.170. The van der Waals surface area contributed by atoms with Crippen LogP contribution in [0.3, 0.4) is 0 Å². The molecule has 0 bridgehead atoms. The van der Waals surface area contributed by atoms with Gasteiger partial charge in [-0.05, 0) is 23.8 Å². The summed E-state index contributed by atoms with van der Waals surface area (Å²) in [4.78, 5) is 6.41. The molecule has 0 amide bonds. The van der Waals surface area contributed by atoms with Gasteiger partial charge in [-0.25, -0.2) is 4.39 Å². The van der Waals surface area contributed by atoms with Crippen LogP contribution in [0, 0.1) is 5.82 Å². The minimum atomic E-state index is -0.340. The van der Waals surface area contributed by atoms with Gasteiger partial charge in [-0.2, -0.15) is 0 Å². The van der Waals surface area contributed by atoms with Crippen LogP contribution in [0.25, 0.3) is 0 Å². The Kier molecular flexibility index (Phi) is 5.65. The highest BCUT2D eigenvalue weighted by Crippen LogP contribution is 2.24. The second kappa shape index (κ2) is 7.51. The van der Waals surface area contributed by atoms with Gasteiger partial charge < -0.3 is 14.8 Å². The van der Waals surface area contributed by atoms with Crippen molar-refractivity contribution < 1.29 is 4.39 Å². The second-order valence-electron chi connectivity index (χ2n) is 6.73. The lowest BCUT2D eigenvalue weighted by Gasteiger charge is -2.29. The van der Waals surface area contributed by atoms with Crippen molar-refractivity contribution >= 4 is 5.96 Å². The van der Waals surface area contributed by atoms with Gasteiger partial charge in [0.2, 0.25) is 0 Å². The van der Waals surface area contributed by atoms with E-state index in [-0.39, 0.29) is 11.2 Å². The molecular formula is C19H27FN4. The fourth-order valence-electron chi connectivity index (χ4n) is 2.77. The molecule has 1 aromatic heterocycles. The largest absolute Gasteiger partial charge is 0.355 e. The maximum atomic E-state index is 14.1. The van der Waals surface area contributed by atoms with Crippen molar-refractivity contribution in [1.82, 2.24) is 14.8 Å². The number of nitrogens with zero attached hydrogens (tertiary/aromatic N) is 3. The van der Waals surface area contributed by atoms with Gasteiger partial charge >= 0.3 is 0 Å². The molecule has 0 aliphatic carbocycles. The van der Waals surface area contributed by atoms with Crippen LogP contribution < -0.4 is 5.32 Å². The summed E-state index contributed by atoms with van der Waals surface area (Å²) in [6, 6.07) is 11.1. The van der Waals surface area contributed by atoms with Crippen molar-refractivity contribution in [2.45, 2.75) is 25.8 Å². The summed E-state index contributed by atoms with van der Waals surface area (Å²) >= 11 is 0. The Morgan fingerprint density at radius 2 is 1.96 bits per heavy atom. The summed E-state index contributed by atoms with van der Waals surface area (Å²) in [7, 11) is 5.79. The number of halogens is 1. The first-order valence-electron chi connectivity index (χ1n) is 8.12. The summed E-state index contributed by atoms with van der Waals surface area (Å²) in [5.74, 6) is 0.622. The van der Waals surface area contributed by atoms with E-state index in [1.54, 1.807) is 13.1 Å². The first-order valence-corrected chi connectivity index (χ1v) is 8.12. The van der Waals surface area contributed by atoms with Crippen molar-refractivity contribution in [3.63, 3.8) is 0 Å². The highest BCUT2D eigenvalue weighted by atomic mass is 19.1. The molecule has 24 heavy (non-hydrogen) atoms. The van der Waals surface area contributed by atoms with Crippen LogP contribution in [0.5, 0.6) is 0 Å². The van der Waals surface area contributed by atoms with Crippen molar-refractivity contribution in [3.05, 3.63) is 59.7 Å². The van der Waals surface area contributed by atoms with Crippen LogP contribution in [0.4, 0.5) is 4.39 Å². The normalized spacial score (nSPS) is 12.3. The Bertz CT molecular complexity index is 703. The average Bonchev–Trinajstić information content (AvgIpc) is 2.93. The molecule has 1 heterocycles. The fraction of sp³-hybridized carbons (Fsp3) is 0.421. The highest BCUT2D eigenvalue weighted by molar-refractivity contribution is 5.79. The van der Waals surface area contributed by atoms with Crippen LogP contribution in [0.15, 0.2) is 47.6 Å². The van der Waals surface area contributed by atoms with E-state index >= 15 is 0 Å². The zero-order valence-corrected chi connectivity index (χ0v) is 15.2. The van der Waals surface area contributed by atoms with Crippen LogP contribution in [-0.4, -0.2) is 36.1 Å². The predicted octanol–water partition coefficient (Wildman–Crippen LogP) is 3.15. The molecule has 0 radical (unpaired) electrons. The van der Waals surface area contributed by atoms with Gasteiger partial charge in [0.15, 0.2) is 5.96 Å². The number of nitrogens with one attached hydrogen (secondary N) is 1. The van der Waals surface area contributed by atoms with Crippen LogP contribution in [-0.2, 0) is 19.0 Å². The lowest BCUT2D eigenvalue weighted by Crippen LogP contribution is -2.44. The Morgan fingerprint density at radius 3 is 2.54 bits per heavy atom. The maximum Gasteiger partial charge on any atom is 0.193 e. The maximum absolute atomic E-state index is 14.1. The Hall–Kier alpha value is -2.30. The molecule has 0 unspecified atom stereocenters. The average molecular weight is 330 g/mol. The molecule has 2 rings (SSSR count). The standard InChI is InChI=1S/C19H27FN4/c1-19(2,16-10-6-7-11-17(16)20)14-22-18(21-3)24(5)13-15-9-8-12-23(15)4/h6-12H,13-14H2,1-5H3,(H,21,22). The van der Waals surface area contributed by atoms with Gasteiger partial charge in [0, 0.05) is 45.0 Å². The van der Waals surface area contributed by atoms with Gasteiger partial charge in [-0.3, -0.25) is 4.99 Å². The van der Waals surface area contributed by atoms with Gasteiger partial charge in [0.25, 0.3) is 0 Å². The molecule has 1 aromatic carbocycles. The van der Waals surface area contributed by atoms with Gasteiger partial charge in [0.1, 0.15) is 5.82 Å². The molecule has 0 saturated carbocycles. The van der Waals surface area contributed by atoms with E-state index in [0.717, 1.165) is 12.5 Å². The molecule has 130 valence electrons. The summed E-state index contributed by atoms with van der Waals surface area (Å²) in [5.41, 5.74) is 1.57. The molecule has 0 saturated heterocycles. The van der Waals surface area contributed by atoms with E-state index in [0.29, 0.717) is 12.1 Å². The van der Waals surface area contributed by atoms with Gasteiger partial charge in [-0.15, -0.1) is 0 Å². The first kappa shape index (κ1) is 18.0. The number of aromatic nitrogens is 1. The monoisotopic (exact) mass is 330 g/mol. The number of aliphatic imine (C=N–C) groups is 1. The first-order chi connectivity index (χ1) is 11.3. The van der Waals surface area contributed by atoms with Crippen LogP contribution in [0.1, 0.15) is 25.1 Å². The van der Waals surface area contributed by atoms with Crippen molar-refractivity contribution in [1.29, 1.82) is 0 Å². The molecule has 0 atom stereocenters. The minimum Gasteiger partial charge on any atom is -0.355 e. The third-order valence-electron chi connectivity index (χ3n) is 4.32. The lowest BCUT2D eigenvalue weighted by atomic mass is 9.84. The van der Waals surface area contributed by atoms with E-state index < -0.39 is 0 Å². The highest BCUT2D eigenvalue weighted by Gasteiger charge is 2.24. The van der Waals surface area contributed by atoms with Crippen molar-refractivity contribution in [2.24, 2.45) is 12.0 Å². The zero-order chi connectivity index (χ0) is 17.7. The Balaban J connectivity index is 2.03. The second-order valence-corrected chi connectivity index (χ2v) is 6.73. The fourth-order valence-corrected chi connectivity index (χ4v) is 2.77. The van der Waals surface area contributed by atoms with Gasteiger partial charge in [0.05, 0.1) is 6.54 Å². The Morgan fingerprint density at radius 1 is 1.25 bits per heavy atom. The molecule has 1 N–H and O–H groups in total. The summed E-state index contributed by atoms with van der Waals surface area (Å²) in [6.45, 7) is 5.41. The zero-order valence-electron chi connectivity index (χ0n) is 15.2. The van der Waals surface area contributed by atoms with E-state index in [1.807, 2.05) is 52.3 Å². The SMILES string of the molecule is CN=C(NCC(C)(C)c1ccccc1F)N(C)Cc1cccn1C. The Labute approximate surface area is 144 Å². The summed E-state index contributed by atoms with van der Waals surface area (Å²) in [6.07, 6.45) is 2.03. The van der Waals surface area contributed by atoms with Crippen molar-refractivity contribution in [2.75, 3.05) is 20.6 Å². The molecule has 0 aliphatic heterocycles. The predicted molar refractivity (Wildman–Crippen MR) is 97.7 cm³/mol. The number of hydrogen-bond donors (Lipinski definition) is 1. The van der Waals surface area contributed by atoms with E-state index in [1.165, 1.54) is 11.8 Å². The van der Waals surface area contributed by atoms with Crippen molar-refractivity contribution in [3.8, 4) is 0 Å². The quantitative estimate of drug-likeness (QED) is 0.675. The number of rotatable bonds is 5. The lowest BCUT2D eigenvalue weighted by molar-refractivity contribution is 0.431. The molecule has 0 fully saturated rings. The molecule has 0 aliphatic rings. The topological polar surface area (TPSA) is 32.6 Å². The number of aryl methyl sites for hydroxylation is 1. The molecular weight excluding hydrogens is 303 g/mol. The van der Waals surface area contributed by atoms with Crippen LogP contribution >= 0.6 is 0 Å². The number of guanidine groups is 1. The molecule has 4 nitrogen and oxygen atoms in total. The van der Waals surface area contributed by atoms with E-state index in [9.17, 15) is 4.39 Å². The van der Waals surface area contributed by atoms with E-state index in [4.69, 9.17) is 0 Å². The molecule has 5 heteroatoms. The van der Waals surface area contributed by atoms with Gasteiger partial charge in [-0.1, -0.05) is 32.0 Å². The smallest absolute Gasteiger partial charge is 0.193 e. The third kappa shape index (κ3) is 4.16. The molecule has 0 spiro atoms. The number of benzene rings is 1. The van der Waals surface area contributed by atoms with E-state index in [2.05, 4.69) is 25.8 Å². The van der Waals surface area contributed by atoms with Crippen LogP contribution in [0.2, 0.25) is 0 Å². The summed E-state index contributed by atoms with van der Waals surface area (Å²) < 4.78 is 16.2. The number of hydrogen-bond acceptors (Lipinski definition) is 1.